The number of fused-ring (bicyclic) bond motifs is 10. The predicted octanol–water partition coefficient (Wildman–Crippen LogP) is 8.54. The third-order valence-electron chi connectivity index (χ3n) is 11.6. The summed E-state index contributed by atoms with van der Waals surface area (Å²) >= 11 is 0. The normalized spacial score (nSPS) is 19.1. The van der Waals surface area contributed by atoms with Gasteiger partial charge in [0, 0.05) is 51.7 Å². The van der Waals surface area contributed by atoms with Crippen LogP contribution in [0.4, 0.5) is 0 Å². The lowest BCUT2D eigenvalue weighted by molar-refractivity contribution is -0.161. The second-order valence-electron chi connectivity index (χ2n) is 15.0. The smallest absolute Gasteiger partial charge is 0.338 e. The predicted molar refractivity (Wildman–Crippen MR) is 222 cm³/mol. The molecule has 290 valence electrons. The number of amides is 4. The fourth-order valence-corrected chi connectivity index (χ4v) is 8.97. The Balaban J connectivity index is 1.22. The van der Waals surface area contributed by atoms with Gasteiger partial charge in [0.15, 0.2) is 0 Å². The van der Waals surface area contributed by atoms with Crippen LogP contribution in [0.1, 0.15) is 71.4 Å². The molecule has 59 heavy (non-hydrogen) atoms. The molecule has 0 unspecified atom stereocenters. The number of hydrogen-bond acceptors (Lipinski definition) is 7. The van der Waals surface area contributed by atoms with E-state index in [1.165, 1.54) is 11.9 Å². The van der Waals surface area contributed by atoms with Crippen molar-refractivity contribution in [2.45, 2.75) is 37.8 Å². The van der Waals surface area contributed by atoms with Crippen LogP contribution in [0.25, 0.3) is 43.6 Å². The molecule has 2 aliphatic rings. The van der Waals surface area contributed by atoms with Crippen LogP contribution in [-0.4, -0.2) is 74.2 Å². The number of ether oxygens (including phenoxy) is 2. The molecule has 2 aromatic heterocycles. The van der Waals surface area contributed by atoms with Crippen LogP contribution in [0.3, 0.4) is 0 Å². The zero-order valence-electron chi connectivity index (χ0n) is 32.0. The number of hydrogen-bond donors (Lipinski definition) is 1. The SMILES string of the molecule is C[C@@H]1O[C@@H](n2c3ccccc3c3c4c(c5c6ccccc6[nH]c5c32)C(=O)N(C)C4=O)C[C@H](N(C(=O)c2ccccc2)C(=O)c2ccccc2)[C@@H]1OC(=O)c1ccccc1. The Morgan fingerprint density at radius 2 is 1.20 bits per heavy atom. The summed E-state index contributed by atoms with van der Waals surface area (Å²) in [5.74, 6) is -2.57. The van der Waals surface area contributed by atoms with Crippen molar-refractivity contribution in [3.05, 3.63) is 167 Å². The minimum absolute atomic E-state index is 0.00637. The molecule has 4 atom stereocenters. The van der Waals surface area contributed by atoms with Gasteiger partial charge in [-0.1, -0.05) is 91.0 Å². The van der Waals surface area contributed by atoms with Gasteiger partial charge in [0.25, 0.3) is 23.6 Å². The van der Waals surface area contributed by atoms with E-state index < -0.39 is 54.1 Å². The highest BCUT2D eigenvalue weighted by Gasteiger charge is 2.48. The Morgan fingerprint density at radius 1 is 0.678 bits per heavy atom. The number of benzene rings is 6. The summed E-state index contributed by atoms with van der Waals surface area (Å²) in [5.41, 5.74) is 4.23. The lowest BCUT2D eigenvalue weighted by atomic mass is 9.94. The molecule has 11 nitrogen and oxygen atoms in total. The fraction of sp³-hybridized carbons (Fsp3) is 0.146. The van der Waals surface area contributed by atoms with E-state index in [-0.39, 0.29) is 17.5 Å². The molecule has 0 saturated carbocycles. The van der Waals surface area contributed by atoms with Crippen molar-refractivity contribution in [1.82, 2.24) is 19.4 Å². The van der Waals surface area contributed by atoms with Crippen molar-refractivity contribution in [3.8, 4) is 0 Å². The van der Waals surface area contributed by atoms with Crippen LogP contribution in [0.15, 0.2) is 140 Å². The number of carbonyl (C=O) groups excluding carboxylic acids is 5. The number of para-hydroxylation sites is 2. The zero-order valence-corrected chi connectivity index (χ0v) is 32.0. The number of nitrogens with one attached hydrogen (secondary N) is 1. The summed E-state index contributed by atoms with van der Waals surface area (Å²) < 4.78 is 15.2. The van der Waals surface area contributed by atoms with E-state index in [9.17, 15) is 24.0 Å². The third-order valence-corrected chi connectivity index (χ3v) is 11.6. The van der Waals surface area contributed by atoms with E-state index in [0.29, 0.717) is 44.0 Å². The molecule has 0 radical (unpaired) electrons. The van der Waals surface area contributed by atoms with E-state index in [4.69, 9.17) is 9.47 Å². The van der Waals surface area contributed by atoms with E-state index in [2.05, 4.69) is 4.98 Å². The Labute approximate surface area is 337 Å². The molecule has 4 amide bonds. The van der Waals surface area contributed by atoms with Crippen molar-refractivity contribution < 1.29 is 33.4 Å². The first kappa shape index (κ1) is 36.0. The standard InChI is InChI=1S/C48H36N4O7/c1-27-43(59-48(57)30-20-10-5-11-21-30)35(52(44(53)28-16-6-3-7-17-28)45(54)29-18-8-4-9-19-29)26-36(58-27)51-34-25-15-13-23-32(34)38-40-39(46(55)50(2)47(40)56)37-31-22-12-14-24-33(31)49-41(37)42(38)51/h3-25,27,35-36,43,49H,26H2,1-2H3/t27-,35-,36+,43+/m0/s1. The summed E-state index contributed by atoms with van der Waals surface area (Å²) in [7, 11) is 1.49. The van der Waals surface area contributed by atoms with Gasteiger partial charge in [-0.25, -0.2) is 4.79 Å². The second kappa shape index (κ2) is 13.9. The maximum Gasteiger partial charge on any atom is 0.338 e. The minimum atomic E-state index is -1.10. The molecule has 11 heteroatoms. The lowest BCUT2D eigenvalue weighted by Crippen LogP contribution is -2.58. The van der Waals surface area contributed by atoms with Gasteiger partial charge in [0.05, 0.1) is 45.4 Å². The number of rotatable bonds is 6. The number of esters is 1. The highest BCUT2D eigenvalue weighted by Crippen LogP contribution is 2.47. The largest absolute Gasteiger partial charge is 0.454 e. The van der Waals surface area contributed by atoms with E-state index in [1.807, 2.05) is 53.1 Å². The molecule has 1 N–H and O–H groups in total. The molecule has 2 aliphatic heterocycles. The molecule has 4 heterocycles. The number of carbonyl (C=O) groups is 5. The summed E-state index contributed by atoms with van der Waals surface area (Å²) in [6.07, 6.45) is -2.85. The van der Waals surface area contributed by atoms with Gasteiger partial charge in [-0.05, 0) is 55.5 Å². The van der Waals surface area contributed by atoms with Crippen LogP contribution in [0.5, 0.6) is 0 Å². The first-order chi connectivity index (χ1) is 28.7. The first-order valence-corrected chi connectivity index (χ1v) is 19.4. The van der Waals surface area contributed by atoms with Gasteiger partial charge < -0.3 is 19.0 Å². The number of imide groups is 2. The number of aromatic amines is 1. The van der Waals surface area contributed by atoms with Gasteiger partial charge in [-0.15, -0.1) is 0 Å². The number of aromatic nitrogens is 2. The molecule has 6 aromatic carbocycles. The van der Waals surface area contributed by atoms with Gasteiger partial charge in [0.2, 0.25) is 0 Å². The van der Waals surface area contributed by atoms with Gasteiger partial charge in [-0.2, -0.15) is 0 Å². The Morgan fingerprint density at radius 3 is 1.83 bits per heavy atom. The van der Waals surface area contributed by atoms with E-state index >= 15 is 0 Å². The van der Waals surface area contributed by atoms with Crippen LogP contribution in [0, 0.1) is 0 Å². The summed E-state index contributed by atoms with van der Waals surface area (Å²) in [6.45, 7) is 1.77. The van der Waals surface area contributed by atoms with Crippen LogP contribution >= 0.6 is 0 Å². The third kappa shape index (κ3) is 5.57. The number of nitrogens with zero attached hydrogens (tertiary/aromatic N) is 3. The molecular weight excluding hydrogens is 745 g/mol. The highest BCUT2D eigenvalue weighted by atomic mass is 16.6. The summed E-state index contributed by atoms with van der Waals surface area (Å²) in [5, 5.41) is 2.70. The average Bonchev–Trinajstić information content (AvgIpc) is 3.90. The van der Waals surface area contributed by atoms with Crippen LogP contribution < -0.4 is 0 Å². The highest BCUT2D eigenvalue weighted by molar-refractivity contribution is 6.39. The maximum atomic E-state index is 14.8. The molecule has 1 saturated heterocycles. The van der Waals surface area contributed by atoms with E-state index in [0.717, 1.165) is 21.2 Å². The monoisotopic (exact) mass is 780 g/mol. The summed E-state index contributed by atoms with van der Waals surface area (Å²) in [4.78, 5) is 77.5. The lowest BCUT2D eigenvalue weighted by Gasteiger charge is -2.44. The van der Waals surface area contributed by atoms with Crippen molar-refractivity contribution in [3.63, 3.8) is 0 Å². The Bertz CT molecular complexity index is 2980. The Kier molecular flexibility index (Phi) is 8.50. The van der Waals surface area contributed by atoms with Crippen molar-refractivity contribution in [2.24, 2.45) is 0 Å². The summed E-state index contributed by atoms with van der Waals surface area (Å²) in [6, 6.07) is 39.8. The fourth-order valence-electron chi connectivity index (χ4n) is 8.97. The zero-order chi connectivity index (χ0) is 40.5. The van der Waals surface area contributed by atoms with Gasteiger partial charge in [-0.3, -0.25) is 29.0 Å². The van der Waals surface area contributed by atoms with E-state index in [1.54, 1.807) is 97.9 Å². The Hall–Kier alpha value is -7.37. The minimum Gasteiger partial charge on any atom is -0.454 e. The van der Waals surface area contributed by atoms with Crippen molar-refractivity contribution in [2.75, 3.05) is 7.05 Å². The molecule has 8 aromatic rings. The molecule has 10 rings (SSSR count). The van der Waals surface area contributed by atoms with Crippen molar-refractivity contribution in [1.29, 1.82) is 0 Å². The average molecular weight is 781 g/mol. The second-order valence-corrected chi connectivity index (χ2v) is 15.0. The molecule has 0 aliphatic carbocycles. The molecule has 0 spiro atoms. The molecular formula is C48H36N4O7. The van der Waals surface area contributed by atoms with Crippen LogP contribution in [0.2, 0.25) is 0 Å². The molecule has 0 bridgehead atoms. The van der Waals surface area contributed by atoms with Gasteiger partial charge in [0.1, 0.15) is 12.3 Å². The van der Waals surface area contributed by atoms with Gasteiger partial charge >= 0.3 is 5.97 Å². The first-order valence-electron chi connectivity index (χ1n) is 19.4. The number of H-pyrrole nitrogens is 1. The topological polar surface area (TPSA) is 131 Å². The van der Waals surface area contributed by atoms with Crippen molar-refractivity contribution >= 4 is 73.2 Å². The van der Waals surface area contributed by atoms with Crippen LogP contribution in [-0.2, 0) is 9.47 Å². The maximum absolute atomic E-state index is 14.8. The quantitative estimate of drug-likeness (QED) is 0.132. The molecule has 1 fully saturated rings.